The first-order valence-corrected chi connectivity index (χ1v) is 7.41. The molecule has 0 saturated heterocycles. The fraction of sp³-hybridized carbons (Fsp3) is 0.562. The maximum absolute atomic E-state index is 12.0. The smallest absolute Gasteiger partial charge is 0.251 e. The summed E-state index contributed by atoms with van der Waals surface area (Å²) < 4.78 is 0. The third-order valence-corrected chi connectivity index (χ3v) is 3.75. The maximum atomic E-state index is 12.0. The predicted molar refractivity (Wildman–Crippen MR) is 79.5 cm³/mol. The molecule has 0 radical (unpaired) electrons. The van der Waals surface area contributed by atoms with Crippen molar-refractivity contribution in [3.63, 3.8) is 0 Å². The number of hydrogen-bond donors (Lipinski definition) is 2. The zero-order valence-electron chi connectivity index (χ0n) is 11.7. The molecule has 0 atom stereocenters. The summed E-state index contributed by atoms with van der Waals surface area (Å²) in [5.74, 6) is 0.739. The standard InChI is InChI=1S/C16H24N2O/c1-2-11-17-15-9-7-14(8-10-15)16(19)18-12-13-5-3-4-6-13/h7-10,13,17H,2-6,11-12H2,1H3,(H,18,19). The van der Waals surface area contributed by atoms with Crippen LogP contribution >= 0.6 is 0 Å². The number of amides is 1. The Labute approximate surface area is 115 Å². The van der Waals surface area contributed by atoms with E-state index in [9.17, 15) is 4.79 Å². The Balaban J connectivity index is 1.81. The van der Waals surface area contributed by atoms with Gasteiger partial charge in [0, 0.05) is 24.3 Å². The zero-order valence-corrected chi connectivity index (χ0v) is 11.7. The molecule has 0 aliphatic heterocycles. The monoisotopic (exact) mass is 260 g/mol. The summed E-state index contributed by atoms with van der Waals surface area (Å²) in [7, 11) is 0. The molecular formula is C16H24N2O. The van der Waals surface area contributed by atoms with Crippen LogP contribution in [-0.2, 0) is 0 Å². The molecule has 0 aromatic heterocycles. The van der Waals surface area contributed by atoms with Gasteiger partial charge >= 0.3 is 0 Å². The molecule has 1 aliphatic carbocycles. The molecule has 19 heavy (non-hydrogen) atoms. The minimum absolute atomic E-state index is 0.0499. The molecule has 0 bridgehead atoms. The highest BCUT2D eigenvalue weighted by Crippen LogP contribution is 2.23. The van der Waals surface area contributed by atoms with Crippen LogP contribution in [0.4, 0.5) is 5.69 Å². The van der Waals surface area contributed by atoms with Gasteiger partial charge in [-0.1, -0.05) is 19.8 Å². The SMILES string of the molecule is CCCNc1ccc(C(=O)NCC2CCCC2)cc1. The number of hydrogen-bond acceptors (Lipinski definition) is 2. The van der Waals surface area contributed by atoms with Crippen molar-refractivity contribution in [2.24, 2.45) is 5.92 Å². The molecule has 1 aliphatic rings. The Bertz CT molecular complexity index is 394. The maximum Gasteiger partial charge on any atom is 0.251 e. The minimum atomic E-state index is 0.0499. The lowest BCUT2D eigenvalue weighted by Gasteiger charge is -2.11. The predicted octanol–water partition coefficient (Wildman–Crippen LogP) is 3.43. The van der Waals surface area contributed by atoms with Crippen LogP contribution < -0.4 is 10.6 Å². The lowest BCUT2D eigenvalue weighted by molar-refractivity contribution is 0.0947. The molecule has 2 N–H and O–H groups in total. The molecule has 1 aromatic rings. The van der Waals surface area contributed by atoms with Crippen molar-refractivity contribution in [2.45, 2.75) is 39.0 Å². The van der Waals surface area contributed by atoms with E-state index in [1.807, 2.05) is 24.3 Å². The summed E-state index contributed by atoms with van der Waals surface area (Å²) in [5, 5.41) is 6.35. The second-order valence-corrected chi connectivity index (χ2v) is 5.36. The highest BCUT2D eigenvalue weighted by atomic mass is 16.1. The van der Waals surface area contributed by atoms with E-state index >= 15 is 0 Å². The molecule has 1 saturated carbocycles. The number of carbonyl (C=O) groups excluding carboxylic acids is 1. The van der Waals surface area contributed by atoms with E-state index in [4.69, 9.17) is 0 Å². The fourth-order valence-electron chi connectivity index (χ4n) is 2.56. The van der Waals surface area contributed by atoms with Gasteiger partial charge in [-0.3, -0.25) is 4.79 Å². The lowest BCUT2D eigenvalue weighted by atomic mass is 10.1. The molecule has 1 amide bonds. The highest BCUT2D eigenvalue weighted by molar-refractivity contribution is 5.94. The van der Waals surface area contributed by atoms with Crippen molar-refractivity contribution < 1.29 is 4.79 Å². The first kappa shape index (κ1) is 13.9. The third kappa shape index (κ3) is 4.27. The fourth-order valence-corrected chi connectivity index (χ4v) is 2.56. The van der Waals surface area contributed by atoms with Gasteiger partial charge in [-0.15, -0.1) is 0 Å². The van der Waals surface area contributed by atoms with Gasteiger partial charge in [-0.25, -0.2) is 0 Å². The van der Waals surface area contributed by atoms with Crippen molar-refractivity contribution in [3.05, 3.63) is 29.8 Å². The van der Waals surface area contributed by atoms with E-state index in [2.05, 4.69) is 17.6 Å². The molecule has 2 rings (SSSR count). The number of benzene rings is 1. The van der Waals surface area contributed by atoms with Crippen LogP contribution in [0, 0.1) is 5.92 Å². The molecule has 0 spiro atoms. The molecular weight excluding hydrogens is 236 g/mol. The summed E-state index contributed by atoms with van der Waals surface area (Å²) >= 11 is 0. The normalized spacial score (nSPS) is 15.4. The Morgan fingerprint density at radius 1 is 1.21 bits per heavy atom. The Morgan fingerprint density at radius 2 is 1.89 bits per heavy atom. The van der Waals surface area contributed by atoms with E-state index in [0.717, 1.165) is 30.8 Å². The van der Waals surface area contributed by atoms with Crippen molar-refractivity contribution in [2.75, 3.05) is 18.4 Å². The highest BCUT2D eigenvalue weighted by Gasteiger charge is 2.16. The summed E-state index contributed by atoms with van der Waals surface area (Å²) in [5.41, 5.74) is 1.83. The zero-order chi connectivity index (χ0) is 13.5. The van der Waals surface area contributed by atoms with Gasteiger partial charge in [0.25, 0.3) is 5.91 Å². The second kappa shape index (κ2) is 7.17. The van der Waals surface area contributed by atoms with Gasteiger partial charge in [0.05, 0.1) is 0 Å². The summed E-state index contributed by atoms with van der Waals surface area (Å²) in [6.45, 7) is 3.93. The lowest BCUT2D eigenvalue weighted by Crippen LogP contribution is -2.28. The average molecular weight is 260 g/mol. The Hall–Kier alpha value is -1.51. The summed E-state index contributed by atoms with van der Waals surface area (Å²) in [4.78, 5) is 12.0. The van der Waals surface area contributed by atoms with Crippen molar-refractivity contribution in [3.8, 4) is 0 Å². The van der Waals surface area contributed by atoms with Gasteiger partial charge < -0.3 is 10.6 Å². The van der Waals surface area contributed by atoms with Crippen LogP contribution in [-0.4, -0.2) is 19.0 Å². The quantitative estimate of drug-likeness (QED) is 0.822. The molecule has 3 nitrogen and oxygen atoms in total. The first-order valence-electron chi connectivity index (χ1n) is 7.41. The van der Waals surface area contributed by atoms with Crippen molar-refractivity contribution in [1.82, 2.24) is 5.32 Å². The second-order valence-electron chi connectivity index (χ2n) is 5.36. The number of carbonyl (C=O) groups is 1. The molecule has 104 valence electrons. The summed E-state index contributed by atoms with van der Waals surface area (Å²) in [6, 6.07) is 7.73. The topological polar surface area (TPSA) is 41.1 Å². The van der Waals surface area contributed by atoms with Crippen LogP contribution in [0.3, 0.4) is 0 Å². The van der Waals surface area contributed by atoms with Crippen LogP contribution in [0.25, 0.3) is 0 Å². The summed E-state index contributed by atoms with van der Waals surface area (Å²) in [6.07, 6.45) is 6.26. The van der Waals surface area contributed by atoms with E-state index in [0.29, 0.717) is 5.92 Å². The van der Waals surface area contributed by atoms with E-state index in [1.54, 1.807) is 0 Å². The van der Waals surface area contributed by atoms with Crippen LogP contribution in [0.15, 0.2) is 24.3 Å². The van der Waals surface area contributed by atoms with E-state index in [-0.39, 0.29) is 5.91 Å². The van der Waals surface area contributed by atoms with E-state index < -0.39 is 0 Å². The van der Waals surface area contributed by atoms with Gasteiger partial charge in [0.1, 0.15) is 0 Å². The van der Waals surface area contributed by atoms with Gasteiger partial charge in [0.15, 0.2) is 0 Å². The van der Waals surface area contributed by atoms with Crippen LogP contribution in [0.5, 0.6) is 0 Å². The van der Waals surface area contributed by atoms with Crippen LogP contribution in [0.1, 0.15) is 49.4 Å². The van der Waals surface area contributed by atoms with Crippen LogP contribution in [0.2, 0.25) is 0 Å². The van der Waals surface area contributed by atoms with Gasteiger partial charge in [-0.2, -0.15) is 0 Å². The molecule has 1 fully saturated rings. The van der Waals surface area contributed by atoms with E-state index in [1.165, 1.54) is 25.7 Å². The molecule has 0 unspecified atom stereocenters. The molecule has 3 heteroatoms. The Kier molecular flexibility index (Phi) is 5.25. The number of nitrogens with one attached hydrogen (secondary N) is 2. The Morgan fingerprint density at radius 3 is 2.53 bits per heavy atom. The average Bonchev–Trinajstić information content (AvgIpc) is 2.96. The third-order valence-electron chi connectivity index (χ3n) is 3.75. The molecule has 1 aromatic carbocycles. The minimum Gasteiger partial charge on any atom is -0.385 e. The van der Waals surface area contributed by atoms with Crippen molar-refractivity contribution >= 4 is 11.6 Å². The first-order chi connectivity index (χ1) is 9.29. The van der Waals surface area contributed by atoms with Gasteiger partial charge in [0.2, 0.25) is 0 Å². The number of anilines is 1. The largest absolute Gasteiger partial charge is 0.385 e. The number of rotatable bonds is 6. The van der Waals surface area contributed by atoms with Crippen molar-refractivity contribution in [1.29, 1.82) is 0 Å². The van der Waals surface area contributed by atoms with Gasteiger partial charge in [-0.05, 0) is 49.4 Å². The molecule has 0 heterocycles.